The van der Waals surface area contributed by atoms with Crippen molar-refractivity contribution in [3.63, 3.8) is 0 Å². The van der Waals surface area contributed by atoms with Gasteiger partial charge in [0.2, 0.25) is 0 Å². The quantitative estimate of drug-likeness (QED) is 0.867. The lowest BCUT2D eigenvalue weighted by atomic mass is 9.96. The number of pyridine rings is 1. The molecule has 1 fully saturated rings. The second kappa shape index (κ2) is 6.72. The van der Waals surface area contributed by atoms with Gasteiger partial charge in [-0.15, -0.1) is 0 Å². The summed E-state index contributed by atoms with van der Waals surface area (Å²) in [7, 11) is 0. The Hall–Kier alpha value is -1.85. The lowest BCUT2D eigenvalue weighted by molar-refractivity contribution is 0.193. The van der Waals surface area contributed by atoms with Gasteiger partial charge in [0.25, 0.3) is 0 Å². The number of nitrogens with zero attached hydrogens (tertiary/aromatic N) is 4. The number of hydrogen-bond donors (Lipinski definition) is 0. The van der Waals surface area contributed by atoms with E-state index in [0.29, 0.717) is 5.92 Å². The van der Waals surface area contributed by atoms with Crippen molar-refractivity contribution in [2.24, 2.45) is 0 Å². The monoisotopic (exact) mass is 310 g/mol. The highest BCUT2D eigenvalue weighted by atomic mass is 16.5. The van der Waals surface area contributed by atoms with E-state index in [9.17, 15) is 0 Å². The third kappa shape index (κ3) is 3.26. The summed E-state index contributed by atoms with van der Waals surface area (Å²) >= 11 is 0. The van der Waals surface area contributed by atoms with Crippen molar-refractivity contribution < 1.29 is 4.74 Å². The molecule has 0 radical (unpaired) electrons. The van der Waals surface area contributed by atoms with Crippen LogP contribution in [0.5, 0.6) is 0 Å². The van der Waals surface area contributed by atoms with E-state index in [2.05, 4.69) is 32.0 Å². The van der Waals surface area contributed by atoms with E-state index in [0.717, 1.165) is 52.1 Å². The molecule has 0 bridgehead atoms. The molecule has 0 unspecified atom stereocenters. The van der Waals surface area contributed by atoms with Crippen molar-refractivity contribution in [1.82, 2.24) is 19.9 Å². The second-order valence-electron chi connectivity index (χ2n) is 6.38. The topological polar surface area (TPSA) is 51.1 Å². The van der Waals surface area contributed by atoms with Gasteiger partial charge in [-0.1, -0.05) is 0 Å². The van der Waals surface area contributed by atoms with Gasteiger partial charge >= 0.3 is 0 Å². The van der Waals surface area contributed by atoms with Crippen LogP contribution in [0.1, 0.15) is 34.9 Å². The molecule has 120 valence electrons. The fraction of sp³-hybridized carbons (Fsp3) is 0.500. The molecule has 5 nitrogen and oxygen atoms in total. The Balaban J connectivity index is 1.51. The number of fused-ring (bicyclic) bond motifs is 1. The molecule has 2 aromatic heterocycles. The van der Waals surface area contributed by atoms with Crippen LogP contribution < -0.4 is 0 Å². The van der Waals surface area contributed by atoms with E-state index in [1.54, 1.807) is 6.33 Å². The Morgan fingerprint density at radius 1 is 1.13 bits per heavy atom. The number of rotatable bonds is 3. The first kappa shape index (κ1) is 14.7. The first-order valence-corrected chi connectivity index (χ1v) is 8.42. The zero-order chi connectivity index (χ0) is 15.5. The molecule has 5 heteroatoms. The fourth-order valence-electron chi connectivity index (χ4n) is 3.60. The van der Waals surface area contributed by atoms with Crippen molar-refractivity contribution >= 4 is 0 Å². The van der Waals surface area contributed by atoms with Gasteiger partial charge in [0.05, 0.1) is 12.3 Å². The normalized spacial score (nSPS) is 21.8. The van der Waals surface area contributed by atoms with Gasteiger partial charge in [-0.2, -0.15) is 0 Å². The van der Waals surface area contributed by atoms with Crippen molar-refractivity contribution in [2.75, 3.05) is 26.3 Å². The maximum absolute atomic E-state index is 5.56. The Kier molecular flexibility index (Phi) is 4.30. The molecule has 1 saturated heterocycles. The Labute approximate surface area is 136 Å². The molecular weight excluding hydrogens is 288 g/mol. The van der Waals surface area contributed by atoms with Gasteiger partial charge < -0.3 is 4.74 Å². The molecular formula is C18H22N4O. The second-order valence-corrected chi connectivity index (χ2v) is 6.38. The number of hydrogen-bond acceptors (Lipinski definition) is 5. The maximum atomic E-state index is 5.56. The third-order valence-corrected chi connectivity index (χ3v) is 4.88. The van der Waals surface area contributed by atoms with Gasteiger partial charge in [-0.05, 0) is 36.1 Å². The largest absolute Gasteiger partial charge is 0.381 e. The van der Waals surface area contributed by atoms with Crippen LogP contribution in [0.3, 0.4) is 0 Å². The van der Waals surface area contributed by atoms with Crippen LogP contribution in [0.2, 0.25) is 0 Å². The van der Waals surface area contributed by atoms with Gasteiger partial charge in [-0.3, -0.25) is 9.88 Å². The predicted molar refractivity (Wildman–Crippen MR) is 87.1 cm³/mol. The smallest absolute Gasteiger partial charge is 0.115 e. The molecule has 4 rings (SSSR count). The molecule has 2 aliphatic rings. The van der Waals surface area contributed by atoms with Gasteiger partial charge in [0.15, 0.2) is 0 Å². The summed E-state index contributed by atoms with van der Waals surface area (Å²) in [5.41, 5.74) is 5.17. The minimum atomic E-state index is 0.457. The van der Waals surface area contributed by atoms with Crippen molar-refractivity contribution in [3.8, 4) is 0 Å². The van der Waals surface area contributed by atoms with Crippen LogP contribution in [0.25, 0.3) is 0 Å². The van der Waals surface area contributed by atoms with Crippen LogP contribution >= 0.6 is 0 Å². The van der Waals surface area contributed by atoms with E-state index in [-0.39, 0.29) is 0 Å². The fourth-order valence-corrected chi connectivity index (χ4v) is 3.60. The summed E-state index contributed by atoms with van der Waals surface area (Å²) in [6.45, 7) is 4.75. The lowest BCUT2D eigenvalue weighted by Gasteiger charge is -2.19. The van der Waals surface area contributed by atoms with Crippen LogP contribution in [-0.4, -0.2) is 46.2 Å². The van der Waals surface area contributed by atoms with E-state index in [1.165, 1.54) is 22.5 Å². The molecule has 23 heavy (non-hydrogen) atoms. The summed E-state index contributed by atoms with van der Waals surface area (Å²) in [5, 5.41) is 0. The first-order chi connectivity index (χ1) is 11.4. The summed E-state index contributed by atoms with van der Waals surface area (Å²) in [6, 6.07) is 4.19. The molecule has 2 aromatic rings. The average Bonchev–Trinajstić information content (AvgIpc) is 3.05. The molecule has 4 heterocycles. The molecule has 0 spiro atoms. The van der Waals surface area contributed by atoms with Gasteiger partial charge in [-0.25, -0.2) is 9.97 Å². The highest BCUT2D eigenvalue weighted by Crippen LogP contribution is 2.29. The SMILES string of the molecule is c1cc(CN2CCc3ncnc([C@@H]4CCOC4)c3CC2)ccn1. The zero-order valence-electron chi connectivity index (χ0n) is 13.3. The third-order valence-electron chi connectivity index (χ3n) is 4.88. The predicted octanol–water partition coefficient (Wildman–Crippen LogP) is 1.98. The van der Waals surface area contributed by atoms with Crippen LogP contribution in [0.15, 0.2) is 30.9 Å². The molecule has 2 aliphatic heterocycles. The molecule has 1 atom stereocenters. The lowest BCUT2D eigenvalue weighted by Crippen LogP contribution is -2.26. The van der Waals surface area contributed by atoms with Crippen LogP contribution in [0.4, 0.5) is 0 Å². The van der Waals surface area contributed by atoms with Gasteiger partial charge in [0, 0.05) is 56.7 Å². The molecule has 0 aliphatic carbocycles. The average molecular weight is 310 g/mol. The zero-order valence-corrected chi connectivity index (χ0v) is 13.3. The Morgan fingerprint density at radius 3 is 2.83 bits per heavy atom. The summed E-state index contributed by atoms with van der Waals surface area (Å²) in [5.74, 6) is 0.457. The molecule has 0 aromatic carbocycles. The molecule has 0 N–H and O–H groups in total. The van der Waals surface area contributed by atoms with E-state index < -0.39 is 0 Å². The minimum Gasteiger partial charge on any atom is -0.381 e. The van der Waals surface area contributed by atoms with Crippen LogP contribution in [-0.2, 0) is 24.1 Å². The van der Waals surface area contributed by atoms with Gasteiger partial charge in [0.1, 0.15) is 6.33 Å². The Morgan fingerprint density at radius 2 is 2.00 bits per heavy atom. The van der Waals surface area contributed by atoms with Crippen molar-refractivity contribution in [1.29, 1.82) is 0 Å². The Bertz CT molecular complexity index is 655. The van der Waals surface area contributed by atoms with Crippen molar-refractivity contribution in [2.45, 2.75) is 31.7 Å². The molecule has 0 saturated carbocycles. The summed E-state index contributed by atoms with van der Waals surface area (Å²) < 4.78 is 5.56. The van der Waals surface area contributed by atoms with Crippen molar-refractivity contribution in [3.05, 3.63) is 53.4 Å². The maximum Gasteiger partial charge on any atom is 0.115 e. The summed E-state index contributed by atoms with van der Waals surface area (Å²) in [4.78, 5) is 15.8. The van der Waals surface area contributed by atoms with Crippen LogP contribution in [0, 0.1) is 0 Å². The summed E-state index contributed by atoms with van der Waals surface area (Å²) in [6.07, 6.45) is 8.60. The number of ether oxygens (including phenoxy) is 1. The highest BCUT2D eigenvalue weighted by molar-refractivity contribution is 5.30. The first-order valence-electron chi connectivity index (χ1n) is 8.42. The highest BCUT2D eigenvalue weighted by Gasteiger charge is 2.25. The van der Waals surface area contributed by atoms with E-state index in [1.807, 2.05) is 12.4 Å². The molecule has 0 amide bonds. The van der Waals surface area contributed by atoms with E-state index in [4.69, 9.17) is 4.74 Å². The van der Waals surface area contributed by atoms with E-state index >= 15 is 0 Å². The number of aromatic nitrogens is 3. The standard InChI is InChI=1S/C18H22N4O/c1-6-19-7-2-14(1)11-22-8-3-16-17(4-9-22)20-13-21-18(16)15-5-10-23-12-15/h1-2,6-7,13,15H,3-5,8-12H2/t15-/m1/s1. The minimum absolute atomic E-state index is 0.457.